The first-order chi connectivity index (χ1) is 9.79. The topological polar surface area (TPSA) is 12.0 Å². The minimum Gasteiger partial charge on any atom is -0.314 e. The summed E-state index contributed by atoms with van der Waals surface area (Å²) >= 11 is 1.87. The molecule has 0 fully saturated rings. The Morgan fingerprint density at radius 2 is 1.90 bits per heavy atom. The molecule has 1 aromatic heterocycles. The first kappa shape index (κ1) is 13.3. The molecule has 0 saturated carbocycles. The van der Waals surface area contributed by atoms with Gasteiger partial charge in [-0.1, -0.05) is 37.3 Å². The summed E-state index contributed by atoms with van der Waals surface area (Å²) in [6.45, 7) is 6.27. The Balaban J connectivity index is 2.05. The summed E-state index contributed by atoms with van der Waals surface area (Å²) in [4.78, 5) is 0. The van der Waals surface area contributed by atoms with Crippen LogP contribution in [0.3, 0.4) is 0 Å². The monoisotopic (exact) mass is 281 g/mol. The minimum absolute atomic E-state index is 0.935. The van der Waals surface area contributed by atoms with Gasteiger partial charge in [-0.15, -0.1) is 11.3 Å². The minimum atomic E-state index is 0.935. The number of allylic oxidation sites excluding steroid dienone is 1. The van der Waals surface area contributed by atoms with Crippen LogP contribution in [0.2, 0.25) is 0 Å². The molecule has 0 unspecified atom stereocenters. The van der Waals surface area contributed by atoms with Crippen LogP contribution in [0.4, 0.5) is 0 Å². The maximum absolute atomic E-state index is 3.34. The van der Waals surface area contributed by atoms with E-state index in [1.807, 2.05) is 11.3 Å². The zero-order valence-corrected chi connectivity index (χ0v) is 12.8. The second-order valence-corrected chi connectivity index (χ2v) is 6.09. The van der Waals surface area contributed by atoms with Crippen molar-refractivity contribution in [2.24, 2.45) is 0 Å². The van der Waals surface area contributed by atoms with Gasteiger partial charge in [0.2, 0.25) is 0 Å². The van der Waals surface area contributed by atoms with Crippen LogP contribution in [0.25, 0.3) is 25.7 Å². The van der Waals surface area contributed by atoms with Crippen molar-refractivity contribution >= 4 is 37.1 Å². The van der Waals surface area contributed by atoms with E-state index < -0.39 is 0 Å². The van der Waals surface area contributed by atoms with Gasteiger partial charge in [0.25, 0.3) is 0 Å². The number of benzene rings is 2. The fraction of sp³-hybridized carbons (Fsp3) is 0.222. The van der Waals surface area contributed by atoms with E-state index >= 15 is 0 Å². The molecule has 2 heteroatoms. The third-order valence-electron chi connectivity index (χ3n) is 3.63. The molecule has 102 valence electrons. The van der Waals surface area contributed by atoms with Crippen LogP contribution in [0.5, 0.6) is 0 Å². The second kappa shape index (κ2) is 5.78. The molecule has 0 bridgehead atoms. The lowest BCUT2D eigenvalue weighted by Gasteiger charge is -2.03. The molecular weight excluding hydrogens is 262 g/mol. The van der Waals surface area contributed by atoms with Crippen LogP contribution in [0, 0.1) is 0 Å². The fourth-order valence-corrected chi connectivity index (χ4v) is 3.55. The van der Waals surface area contributed by atoms with Crippen molar-refractivity contribution in [1.82, 2.24) is 5.32 Å². The smallest absolute Gasteiger partial charge is 0.0355 e. The summed E-state index contributed by atoms with van der Waals surface area (Å²) < 4.78 is 2.74. The Labute approximate surface area is 123 Å². The predicted molar refractivity (Wildman–Crippen MR) is 91.5 cm³/mol. The van der Waals surface area contributed by atoms with Crippen molar-refractivity contribution in [2.45, 2.75) is 13.8 Å². The zero-order valence-electron chi connectivity index (χ0n) is 11.9. The summed E-state index contributed by atoms with van der Waals surface area (Å²) in [6, 6.07) is 15.5. The summed E-state index contributed by atoms with van der Waals surface area (Å²) in [6.07, 6.45) is 2.26. The molecule has 3 aromatic rings. The molecule has 2 aromatic carbocycles. The van der Waals surface area contributed by atoms with E-state index in [0.29, 0.717) is 0 Å². The van der Waals surface area contributed by atoms with Crippen molar-refractivity contribution in [1.29, 1.82) is 0 Å². The highest BCUT2D eigenvalue weighted by atomic mass is 32.1. The lowest BCUT2D eigenvalue weighted by molar-refractivity contribution is 0.800. The first-order valence-corrected chi connectivity index (χ1v) is 7.90. The van der Waals surface area contributed by atoms with Crippen LogP contribution < -0.4 is 5.32 Å². The van der Waals surface area contributed by atoms with Crippen molar-refractivity contribution in [2.75, 3.05) is 13.1 Å². The maximum atomic E-state index is 3.34. The second-order valence-electron chi connectivity index (χ2n) is 5.00. The van der Waals surface area contributed by atoms with E-state index in [9.17, 15) is 0 Å². The molecule has 0 radical (unpaired) electrons. The van der Waals surface area contributed by atoms with Gasteiger partial charge in [0.1, 0.15) is 0 Å². The normalized spacial score (nSPS) is 12.4. The third kappa shape index (κ3) is 2.49. The van der Waals surface area contributed by atoms with Crippen LogP contribution in [-0.2, 0) is 0 Å². The van der Waals surface area contributed by atoms with E-state index in [1.54, 1.807) is 0 Å². The van der Waals surface area contributed by atoms with E-state index in [0.717, 1.165) is 13.1 Å². The van der Waals surface area contributed by atoms with Gasteiger partial charge in [-0.3, -0.25) is 0 Å². The largest absolute Gasteiger partial charge is 0.314 e. The average Bonchev–Trinajstić information content (AvgIpc) is 2.85. The average molecular weight is 281 g/mol. The Hall–Kier alpha value is -1.64. The van der Waals surface area contributed by atoms with Gasteiger partial charge in [0.05, 0.1) is 0 Å². The number of rotatable bonds is 4. The summed E-state index contributed by atoms with van der Waals surface area (Å²) in [5.41, 5.74) is 2.65. The molecule has 1 N–H and O–H groups in total. The summed E-state index contributed by atoms with van der Waals surface area (Å²) in [5, 5.41) is 6.08. The summed E-state index contributed by atoms with van der Waals surface area (Å²) in [7, 11) is 0. The molecule has 0 aliphatic rings. The molecule has 0 saturated heterocycles. The lowest BCUT2D eigenvalue weighted by Crippen LogP contribution is -2.11. The molecule has 0 amide bonds. The van der Waals surface area contributed by atoms with E-state index in [-0.39, 0.29) is 0 Å². The number of likely N-dealkylation sites (N-methyl/N-ethyl adjacent to an activating group) is 1. The van der Waals surface area contributed by atoms with Gasteiger partial charge in [-0.05, 0) is 42.8 Å². The number of fused-ring (bicyclic) bond motifs is 3. The first-order valence-electron chi connectivity index (χ1n) is 7.08. The van der Waals surface area contributed by atoms with Gasteiger partial charge in [0.15, 0.2) is 0 Å². The molecule has 20 heavy (non-hydrogen) atoms. The Kier molecular flexibility index (Phi) is 3.86. The number of nitrogens with one attached hydrogen (secondary N) is 1. The molecule has 0 aliphatic heterocycles. The Morgan fingerprint density at radius 1 is 1.10 bits per heavy atom. The highest BCUT2D eigenvalue weighted by Gasteiger charge is 2.05. The molecule has 1 nitrogen and oxygen atoms in total. The van der Waals surface area contributed by atoms with Crippen LogP contribution in [0.1, 0.15) is 19.4 Å². The quantitative estimate of drug-likeness (QED) is 0.659. The molecule has 0 atom stereocenters. The number of hydrogen-bond acceptors (Lipinski definition) is 2. The third-order valence-corrected chi connectivity index (χ3v) is 4.79. The van der Waals surface area contributed by atoms with Crippen molar-refractivity contribution in [3.05, 3.63) is 54.1 Å². The van der Waals surface area contributed by atoms with Gasteiger partial charge >= 0.3 is 0 Å². The summed E-state index contributed by atoms with van der Waals surface area (Å²) in [5.74, 6) is 0. The predicted octanol–water partition coefficient (Wildman–Crippen LogP) is 5.07. The molecular formula is C18H19NS. The van der Waals surface area contributed by atoms with Crippen molar-refractivity contribution < 1.29 is 0 Å². The highest BCUT2D eigenvalue weighted by Crippen LogP contribution is 2.35. The zero-order chi connectivity index (χ0) is 13.9. The van der Waals surface area contributed by atoms with E-state index in [2.05, 4.69) is 67.7 Å². The fourth-order valence-electron chi connectivity index (χ4n) is 2.46. The number of hydrogen-bond donors (Lipinski definition) is 1. The van der Waals surface area contributed by atoms with Gasteiger partial charge in [0, 0.05) is 26.7 Å². The van der Waals surface area contributed by atoms with Crippen LogP contribution in [0.15, 0.2) is 48.5 Å². The van der Waals surface area contributed by atoms with Crippen LogP contribution in [-0.4, -0.2) is 13.1 Å². The van der Waals surface area contributed by atoms with E-state index in [1.165, 1.54) is 31.3 Å². The molecule has 0 spiro atoms. The van der Waals surface area contributed by atoms with Crippen molar-refractivity contribution in [3.63, 3.8) is 0 Å². The van der Waals surface area contributed by atoms with Crippen molar-refractivity contribution in [3.8, 4) is 0 Å². The SMILES string of the molecule is CCNCC=C(C)c1ccc2sc3ccccc3c2c1. The Bertz CT molecular complexity index is 767. The van der Waals surface area contributed by atoms with Gasteiger partial charge < -0.3 is 5.32 Å². The van der Waals surface area contributed by atoms with Crippen LogP contribution >= 0.6 is 11.3 Å². The maximum Gasteiger partial charge on any atom is 0.0355 e. The molecule has 3 rings (SSSR count). The lowest BCUT2D eigenvalue weighted by atomic mass is 10.0. The Morgan fingerprint density at radius 3 is 2.75 bits per heavy atom. The molecule has 1 heterocycles. The molecule has 0 aliphatic carbocycles. The van der Waals surface area contributed by atoms with Gasteiger partial charge in [-0.25, -0.2) is 0 Å². The standard InChI is InChI=1S/C18H19NS/c1-3-19-11-10-13(2)14-8-9-18-16(12-14)15-6-4-5-7-17(15)20-18/h4-10,12,19H,3,11H2,1-2H3. The number of thiophene rings is 1. The highest BCUT2D eigenvalue weighted by molar-refractivity contribution is 7.25. The van der Waals surface area contributed by atoms with E-state index in [4.69, 9.17) is 0 Å². The van der Waals surface area contributed by atoms with Gasteiger partial charge in [-0.2, -0.15) is 0 Å².